The zero-order valence-electron chi connectivity index (χ0n) is 18.9. The number of hydrogen-bond donors (Lipinski definition) is 3. The topological polar surface area (TPSA) is 68.8 Å². The van der Waals surface area contributed by atoms with Gasteiger partial charge in [-0.1, -0.05) is 23.8 Å². The molecule has 2 aromatic rings. The first-order valence-corrected chi connectivity index (χ1v) is 12.1. The number of aryl methyl sites for hydroxylation is 1. The van der Waals surface area contributed by atoms with Gasteiger partial charge in [0.25, 0.3) is 5.91 Å². The number of nitrogens with one attached hydrogen (secondary N) is 3. The van der Waals surface area contributed by atoms with Crippen LogP contribution in [0.25, 0.3) is 0 Å². The summed E-state index contributed by atoms with van der Waals surface area (Å²) in [6.45, 7) is 7.97. The van der Waals surface area contributed by atoms with Crippen LogP contribution in [0.1, 0.15) is 46.6 Å². The third kappa shape index (κ3) is 6.80. The van der Waals surface area contributed by atoms with E-state index in [1.165, 1.54) is 17.7 Å². The Labute approximate surface area is 190 Å². The number of likely N-dealkylation sites (tertiary alicyclic amines) is 1. The van der Waals surface area contributed by atoms with Gasteiger partial charge >= 0.3 is 0 Å². The first kappa shape index (κ1) is 23.3. The van der Waals surface area contributed by atoms with Crippen molar-refractivity contribution < 1.29 is 4.79 Å². The molecular weight excluding hydrogens is 406 g/mol. The summed E-state index contributed by atoms with van der Waals surface area (Å²) >= 11 is 1.84. The zero-order chi connectivity index (χ0) is 22.1. The summed E-state index contributed by atoms with van der Waals surface area (Å²) in [5.74, 6) is 1.27. The molecule has 6 nitrogen and oxygen atoms in total. The van der Waals surface area contributed by atoms with Crippen LogP contribution >= 0.6 is 11.3 Å². The standard InChI is InChI=1S/C24H35N5OS/c1-4-25-24(27-13-12-26-23(30)19-9-5-8-18(2)16-19)28-17-20-10-6-14-29(3)22(20)21-11-7-15-31-21/h5,7-9,11,15-16,20,22H,4,6,10,12-14,17H2,1-3H3,(H,26,30)(H2,25,27,28). The molecule has 1 aromatic heterocycles. The summed E-state index contributed by atoms with van der Waals surface area (Å²) in [4.78, 5) is 21.1. The molecule has 168 valence electrons. The molecule has 1 aliphatic heterocycles. The number of carbonyl (C=O) groups excluding carboxylic acids is 1. The van der Waals surface area contributed by atoms with Gasteiger partial charge in [-0.25, -0.2) is 0 Å². The Kier molecular flexibility index (Phi) is 8.91. The van der Waals surface area contributed by atoms with Gasteiger partial charge in [-0.05, 0) is 69.8 Å². The number of nitrogens with zero attached hydrogens (tertiary/aromatic N) is 2. The van der Waals surface area contributed by atoms with E-state index < -0.39 is 0 Å². The van der Waals surface area contributed by atoms with Gasteiger partial charge < -0.3 is 16.0 Å². The zero-order valence-corrected chi connectivity index (χ0v) is 19.7. The van der Waals surface area contributed by atoms with Gasteiger partial charge in [-0.2, -0.15) is 0 Å². The average molecular weight is 442 g/mol. The fourth-order valence-electron chi connectivity index (χ4n) is 4.16. The molecule has 0 spiro atoms. The second kappa shape index (κ2) is 11.9. The molecule has 1 saturated heterocycles. The van der Waals surface area contributed by atoms with E-state index in [9.17, 15) is 4.79 Å². The minimum Gasteiger partial charge on any atom is -0.357 e. The third-order valence-electron chi connectivity index (χ3n) is 5.65. The van der Waals surface area contributed by atoms with Crippen LogP contribution in [0, 0.1) is 12.8 Å². The lowest BCUT2D eigenvalue weighted by molar-refractivity contribution is 0.0954. The van der Waals surface area contributed by atoms with Gasteiger partial charge in [0, 0.05) is 42.7 Å². The van der Waals surface area contributed by atoms with E-state index in [1.807, 2.05) is 42.5 Å². The number of rotatable bonds is 8. The van der Waals surface area contributed by atoms with E-state index in [0.717, 1.165) is 31.2 Å². The molecule has 7 heteroatoms. The number of hydrogen-bond acceptors (Lipinski definition) is 4. The highest BCUT2D eigenvalue weighted by atomic mass is 32.1. The smallest absolute Gasteiger partial charge is 0.251 e. The van der Waals surface area contributed by atoms with E-state index in [2.05, 4.69) is 52.3 Å². The summed E-state index contributed by atoms with van der Waals surface area (Å²) in [7, 11) is 2.22. The highest BCUT2D eigenvalue weighted by Crippen LogP contribution is 2.37. The van der Waals surface area contributed by atoms with Crippen LogP contribution in [-0.4, -0.2) is 56.5 Å². The first-order chi connectivity index (χ1) is 15.1. The first-order valence-electron chi connectivity index (χ1n) is 11.2. The second-order valence-corrected chi connectivity index (χ2v) is 9.09. The van der Waals surface area contributed by atoms with Crippen LogP contribution in [0.2, 0.25) is 0 Å². The van der Waals surface area contributed by atoms with Crippen molar-refractivity contribution in [1.29, 1.82) is 0 Å². The maximum atomic E-state index is 12.3. The molecule has 0 aliphatic carbocycles. The van der Waals surface area contributed by atoms with Crippen molar-refractivity contribution >= 4 is 23.2 Å². The molecule has 2 unspecified atom stereocenters. The van der Waals surface area contributed by atoms with E-state index >= 15 is 0 Å². The lowest BCUT2D eigenvalue weighted by atomic mass is 9.88. The summed E-state index contributed by atoms with van der Waals surface area (Å²) in [5, 5.41) is 11.8. The predicted octanol–water partition coefficient (Wildman–Crippen LogP) is 3.42. The van der Waals surface area contributed by atoms with Crippen LogP contribution in [0.4, 0.5) is 0 Å². The molecule has 2 heterocycles. The van der Waals surface area contributed by atoms with E-state index in [-0.39, 0.29) is 5.91 Å². The molecule has 1 amide bonds. The van der Waals surface area contributed by atoms with Gasteiger partial charge in [0.2, 0.25) is 0 Å². The maximum absolute atomic E-state index is 12.3. The molecule has 3 rings (SSSR count). The fraction of sp³-hybridized carbons (Fsp3) is 0.500. The molecule has 3 N–H and O–H groups in total. The highest BCUT2D eigenvalue weighted by Gasteiger charge is 2.31. The van der Waals surface area contributed by atoms with Crippen LogP contribution in [0.3, 0.4) is 0 Å². The van der Waals surface area contributed by atoms with Crippen LogP contribution < -0.4 is 16.0 Å². The third-order valence-corrected chi connectivity index (χ3v) is 6.60. The van der Waals surface area contributed by atoms with E-state index in [1.54, 1.807) is 0 Å². The van der Waals surface area contributed by atoms with Crippen molar-refractivity contribution in [2.75, 3.05) is 39.8 Å². The Balaban J connectivity index is 1.51. The van der Waals surface area contributed by atoms with E-state index in [4.69, 9.17) is 4.99 Å². The molecule has 2 atom stereocenters. The normalized spacial score (nSPS) is 19.8. The monoisotopic (exact) mass is 441 g/mol. The van der Waals surface area contributed by atoms with Crippen molar-refractivity contribution in [2.45, 2.75) is 32.7 Å². The molecule has 1 aliphatic rings. The van der Waals surface area contributed by atoms with Crippen molar-refractivity contribution in [2.24, 2.45) is 10.9 Å². The number of guanidine groups is 1. The average Bonchev–Trinajstić information content (AvgIpc) is 3.29. The quantitative estimate of drug-likeness (QED) is 0.334. The van der Waals surface area contributed by atoms with Gasteiger partial charge in [0.05, 0.1) is 0 Å². The van der Waals surface area contributed by atoms with Gasteiger partial charge in [-0.15, -0.1) is 11.3 Å². The molecular formula is C24H35N5OS. The molecule has 0 radical (unpaired) electrons. The molecule has 0 bridgehead atoms. The van der Waals surface area contributed by atoms with Gasteiger partial charge in [-0.3, -0.25) is 14.7 Å². The SMILES string of the molecule is CCNC(=NCC1CCCN(C)C1c1cccs1)NCCNC(=O)c1cccc(C)c1. The Bertz CT molecular complexity index is 851. The number of amides is 1. The summed E-state index contributed by atoms with van der Waals surface area (Å²) < 4.78 is 0. The summed E-state index contributed by atoms with van der Waals surface area (Å²) in [6.07, 6.45) is 2.41. The van der Waals surface area contributed by atoms with Crippen LogP contribution in [-0.2, 0) is 0 Å². The summed E-state index contributed by atoms with van der Waals surface area (Å²) in [6, 6.07) is 12.5. The van der Waals surface area contributed by atoms with E-state index in [0.29, 0.717) is 30.6 Å². The Morgan fingerprint density at radius 3 is 2.77 bits per heavy atom. The van der Waals surface area contributed by atoms with Gasteiger partial charge in [0.1, 0.15) is 0 Å². The number of carbonyl (C=O) groups is 1. The predicted molar refractivity (Wildman–Crippen MR) is 130 cm³/mol. The lowest BCUT2D eigenvalue weighted by Gasteiger charge is -2.38. The molecule has 31 heavy (non-hydrogen) atoms. The van der Waals surface area contributed by atoms with Crippen molar-refractivity contribution in [1.82, 2.24) is 20.9 Å². The molecule has 0 saturated carbocycles. The number of aliphatic imine (C=N–C) groups is 1. The Morgan fingerprint density at radius 1 is 1.19 bits per heavy atom. The fourth-order valence-corrected chi connectivity index (χ4v) is 5.14. The number of piperidine rings is 1. The minimum atomic E-state index is -0.0449. The number of benzene rings is 1. The highest BCUT2D eigenvalue weighted by molar-refractivity contribution is 7.10. The maximum Gasteiger partial charge on any atom is 0.251 e. The summed E-state index contributed by atoms with van der Waals surface area (Å²) in [5.41, 5.74) is 1.78. The van der Waals surface area contributed by atoms with Crippen molar-refractivity contribution in [3.63, 3.8) is 0 Å². The second-order valence-electron chi connectivity index (χ2n) is 8.11. The Hall–Kier alpha value is -2.38. The van der Waals surface area contributed by atoms with Crippen LogP contribution in [0.5, 0.6) is 0 Å². The van der Waals surface area contributed by atoms with Gasteiger partial charge in [0.15, 0.2) is 5.96 Å². The molecule has 1 aromatic carbocycles. The molecule has 1 fully saturated rings. The van der Waals surface area contributed by atoms with Crippen molar-refractivity contribution in [3.8, 4) is 0 Å². The number of thiophene rings is 1. The van der Waals surface area contributed by atoms with Crippen molar-refractivity contribution in [3.05, 3.63) is 57.8 Å². The minimum absolute atomic E-state index is 0.0449. The Morgan fingerprint density at radius 2 is 2.03 bits per heavy atom. The van der Waals surface area contributed by atoms with Crippen LogP contribution in [0.15, 0.2) is 46.8 Å². The largest absolute Gasteiger partial charge is 0.357 e. The lowest BCUT2D eigenvalue weighted by Crippen LogP contribution is -2.42.